The summed E-state index contributed by atoms with van der Waals surface area (Å²) in [6.07, 6.45) is 8.70. The van der Waals surface area contributed by atoms with E-state index in [9.17, 15) is 4.79 Å². The van der Waals surface area contributed by atoms with Crippen molar-refractivity contribution < 1.29 is 9.53 Å². The first-order valence-corrected chi connectivity index (χ1v) is 7.19. The molecule has 1 aromatic rings. The van der Waals surface area contributed by atoms with Gasteiger partial charge < -0.3 is 4.74 Å². The molecule has 4 aliphatic heterocycles. The van der Waals surface area contributed by atoms with E-state index in [1.165, 1.54) is 6.21 Å². The maximum Gasteiger partial charge on any atom is 0.277 e. The molecule has 0 radical (unpaired) electrons. The molecule has 5 rings (SSSR count). The minimum absolute atomic E-state index is 0.131. The Bertz CT molecular complexity index is 851. The fourth-order valence-corrected chi connectivity index (χ4v) is 2.53. The molecule has 1 atom stereocenters. The van der Waals surface area contributed by atoms with Gasteiger partial charge in [-0.3, -0.25) is 9.79 Å². The van der Waals surface area contributed by atoms with E-state index in [0.29, 0.717) is 11.3 Å². The average Bonchev–Trinajstić information content (AvgIpc) is 2.97. The molecule has 0 N–H and O–H groups in total. The minimum Gasteiger partial charge on any atom is -0.488 e. The van der Waals surface area contributed by atoms with Crippen molar-refractivity contribution >= 4 is 30.3 Å². The first kappa shape index (κ1) is 13.5. The summed E-state index contributed by atoms with van der Waals surface area (Å²) in [7, 11) is 0. The molecule has 6 nitrogen and oxygen atoms in total. The first-order chi connectivity index (χ1) is 11.3. The highest BCUT2D eigenvalue weighted by Crippen LogP contribution is 2.39. The van der Waals surface area contributed by atoms with E-state index in [2.05, 4.69) is 20.2 Å². The number of nitrogens with zero attached hydrogens (tertiary/aromatic N) is 4. The van der Waals surface area contributed by atoms with Gasteiger partial charge >= 0.3 is 0 Å². The Kier molecular flexibility index (Phi) is 3.27. The van der Waals surface area contributed by atoms with Crippen molar-refractivity contribution in [2.24, 2.45) is 20.2 Å². The Hall–Kier alpha value is -3.15. The number of fused-ring (bicyclic) bond motifs is 3. The number of hydrogen-bond acceptors (Lipinski definition) is 5. The topological polar surface area (TPSA) is 75.7 Å². The lowest BCUT2D eigenvalue weighted by atomic mass is 9.96. The molecule has 0 aliphatic carbocycles. The van der Waals surface area contributed by atoms with Crippen LogP contribution in [-0.2, 0) is 4.74 Å². The number of carbonyl (C=O) groups excluding carboxylic acids is 1. The molecule has 4 aliphatic rings. The van der Waals surface area contributed by atoms with Gasteiger partial charge in [0, 0.05) is 29.3 Å². The van der Waals surface area contributed by atoms with E-state index in [0.717, 1.165) is 23.3 Å². The van der Waals surface area contributed by atoms with Gasteiger partial charge in [0.05, 0.1) is 18.6 Å². The van der Waals surface area contributed by atoms with Crippen molar-refractivity contribution in [1.29, 1.82) is 0 Å². The predicted molar refractivity (Wildman–Crippen MR) is 88.3 cm³/mol. The monoisotopic (exact) mass is 304 g/mol. The van der Waals surface area contributed by atoms with E-state index in [1.54, 1.807) is 30.8 Å². The molecule has 23 heavy (non-hydrogen) atoms. The number of ether oxygens (including phenoxy) is 1. The Morgan fingerprint density at radius 1 is 1.17 bits per heavy atom. The molecule has 2 bridgehead atoms. The second kappa shape index (κ2) is 5.57. The van der Waals surface area contributed by atoms with Crippen LogP contribution in [0.5, 0.6) is 0 Å². The molecular formula is C17H12N4O2. The van der Waals surface area contributed by atoms with Crippen molar-refractivity contribution in [2.75, 3.05) is 0 Å². The van der Waals surface area contributed by atoms with Crippen LogP contribution in [0.25, 0.3) is 0 Å². The molecule has 0 saturated carbocycles. The standard InChI is InChI=1S/C17H12N4O2/c22-17-14-4-2-1-3-13(14)16-7-12(23-16)9-18-6-5-11-8-20-21-15(11)10-19-17/h1-6,8-10,16H,7H2/b11-5-,12-9+,18-6+,19-10?. The zero-order chi connectivity index (χ0) is 15.6. The Labute approximate surface area is 132 Å². The fraction of sp³-hybridized carbons (Fsp3) is 0.118. The lowest BCUT2D eigenvalue weighted by Gasteiger charge is -2.31. The van der Waals surface area contributed by atoms with Gasteiger partial charge in [0.2, 0.25) is 0 Å². The van der Waals surface area contributed by atoms with E-state index < -0.39 is 0 Å². The smallest absolute Gasteiger partial charge is 0.277 e. The van der Waals surface area contributed by atoms with Gasteiger partial charge in [-0.1, -0.05) is 18.2 Å². The maximum atomic E-state index is 12.4. The second-order valence-electron chi connectivity index (χ2n) is 5.21. The van der Waals surface area contributed by atoms with Gasteiger partial charge in [-0.2, -0.15) is 5.10 Å². The lowest BCUT2D eigenvalue weighted by Crippen LogP contribution is -2.19. The van der Waals surface area contributed by atoms with Crippen LogP contribution < -0.4 is 0 Å². The van der Waals surface area contributed by atoms with Gasteiger partial charge in [-0.15, -0.1) is 5.10 Å². The largest absolute Gasteiger partial charge is 0.488 e. The molecule has 6 heteroatoms. The van der Waals surface area contributed by atoms with Gasteiger partial charge in [0.15, 0.2) is 0 Å². The van der Waals surface area contributed by atoms with Crippen LogP contribution in [0.15, 0.2) is 68.1 Å². The van der Waals surface area contributed by atoms with Crippen LogP contribution in [0.3, 0.4) is 0 Å². The van der Waals surface area contributed by atoms with E-state index in [-0.39, 0.29) is 12.0 Å². The van der Waals surface area contributed by atoms with Crippen LogP contribution in [0.2, 0.25) is 0 Å². The fourth-order valence-electron chi connectivity index (χ4n) is 2.53. The summed E-state index contributed by atoms with van der Waals surface area (Å²) in [5.41, 5.74) is 2.67. The highest BCUT2D eigenvalue weighted by molar-refractivity contribution is 6.46. The van der Waals surface area contributed by atoms with Gasteiger partial charge in [0.1, 0.15) is 17.6 Å². The third-order valence-corrected chi connectivity index (χ3v) is 3.74. The molecule has 1 fully saturated rings. The van der Waals surface area contributed by atoms with Crippen molar-refractivity contribution in [3.63, 3.8) is 0 Å². The van der Waals surface area contributed by atoms with Crippen LogP contribution >= 0.6 is 0 Å². The van der Waals surface area contributed by atoms with E-state index >= 15 is 0 Å². The number of aliphatic imine (C=N–C) groups is 2. The summed E-state index contributed by atoms with van der Waals surface area (Å²) in [5, 5.41) is 7.80. The minimum atomic E-state index is -0.318. The van der Waals surface area contributed by atoms with Crippen molar-refractivity contribution in [3.05, 3.63) is 59.0 Å². The number of carbonyl (C=O) groups is 1. The lowest BCUT2D eigenvalue weighted by molar-refractivity contribution is 0.0177. The third-order valence-electron chi connectivity index (χ3n) is 3.74. The summed E-state index contributed by atoms with van der Waals surface area (Å²) in [6, 6.07) is 7.35. The van der Waals surface area contributed by atoms with Gasteiger partial charge in [0.25, 0.3) is 5.91 Å². The summed E-state index contributed by atoms with van der Waals surface area (Å²) in [4.78, 5) is 20.6. The number of rotatable bonds is 0. The van der Waals surface area contributed by atoms with Crippen LogP contribution in [0, 0.1) is 0 Å². The highest BCUT2D eigenvalue weighted by atomic mass is 16.5. The summed E-state index contributed by atoms with van der Waals surface area (Å²) >= 11 is 0. The summed E-state index contributed by atoms with van der Waals surface area (Å²) in [6.45, 7) is 0. The number of allylic oxidation sites excluding steroid dienone is 2. The van der Waals surface area contributed by atoms with Gasteiger partial charge in [-0.25, -0.2) is 4.99 Å². The normalized spacial score (nSPS) is 27.9. The third kappa shape index (κ3) is 2.55. The van der Waals surface area contributed by atoms with Gasteiger partial charge in [-0.05, 0) is 12.1 Å². The highest BCUT2D eigenvalue weighted by Gasteiger charge is 2.30. The molecular weight excluding hydrogens is 292 g/mol. The van der Waals surface area contributed by atoms with E-state index in [1.807, 2.05) is 18.2 Å². The summed E-state index contributed by atoms with van der Waals surface area (Å²) < 4.78 is 5.72. The van der Waals surface area contributed by atoms with Crippen LogP contribution in [0.4, 0.5) is 0 Å². The van der Waals surface area contributed by atoms with Crippen molar-refractivity contribution in [3.8, 4) is 0 Å². The number of amides is 1. The Morgan fingerprint density at radius 2 is 2.04 bits per heavy atom. The quantitative estimate of drug-likeness (QED) is 0.739. The Morgan fingerprint density at radius 3 is 2.96 bits per heavy atom. The molecule has 1 unspecified atom stereocenters. The maximum absolute atomic E-state index is 12.4. The summed E-state index contributed by atoms with van der Waals surface area (Å²) in [5.74, 6) is 0.475. The zero-order valence-corrected chi connectivity index (χ0v) is 12.1. The molecule has 1 saturated heterocycles. The first-order valence-electron chi connectivity index (χ1n) is 7.19. The molecule has 0 aromatic heterocycles. The molecule has 1 amide bonds. The van der Waals surface area contributed by atoms with Crippen molar-refractivity contribution in [2.45, 2.75) is 12.5 Å². The number of hydrogen-bond donors (Lipinski definition) is 0. The molecule has 0 spiro atoms. The molecule has 112 valence electrons. The van der Waals surface area contributed by atoms with Crippen LogP contribution in [-0.4, -0.2) is 30.3 Å². The SMILES string of the molecule is O=C1N=CC2=NN=C/C2=C/C=N/C=C2\CC(O2)c2ccccc21. The number of benzene rings is 1. The average molecular weight is 304 g/mol. The van der Waals surface area contributed by atoms with Crippen molar-refractivity contribution in [1.82, 2.24) is 0 Å². The van der Waals surface area contributed by atoms with Crippen LogP contribution in [0.1, 0.15) is 28.4 Å². The van der Waals surface area contributed by atoms with E-state index in [4.69, 9.17) is 4.74 Å². The predicted octanol–water partition coefficient (Wildman–Crippen LogP) is 2.65. The Balaban J connectivity index is 1.77. The molecule has 1 aromatic carbocycles. The zero-order valence-electron chi connectivity index (χ0n) is 12.1. The molecule has 4 heterocycles. The second-order valence-corrected chi connectivity index (χ2v) is 5.21.